The van der Waals surface area contributed by atoms with E-state index in [-0.39, 0.29) is 23.5 Å². The Balaban J connectivity index is 0.000000181. The van der Waals surface area contributed by atoms with E-state index in [1.54, 1.807) is 74.8 Å². The standard InChI is InChI=1S/2C22H19ClFN5O/c2*1-25-18-9-5-13(11-19(18)30-3)27-22-28-20-15(7-8-16(20)21(26-2)29-22)14-6-4-12(23)10-17(14)24/h2*4-6,9-11,15H,7-8H2,2-3H3,(H2,26,27,28,29)/t2*15-/m10/s1. The van der Waals surface area contributed by atoms with E-state index in [2.05, 4.69) is 40.9 Å². The van der Waals surface area contributed by atoms with Crippen LogP contribution in [0, 0.1) is 24.8 Å². The van der Waals surface area contributed by atoms with Crippen LogP contribution in [0.5, 0.6) is 11.5 Å². The lowest BCUT2D eigenvalue weighted by atomic mass is 9.96. The number of fused-ring (bicyclic) bond motifs is 2. The number of halogens is 4. The number of rotatable bonds is 10. The molecule has 6 aromatic rings. The Kier molecular flexibility index (Phi) is 12.4. The maximum atomic E-state index is 14.6. The largest absolute Gasteiger partial charge is 0.508 e. The first-order valence-electron chi connectivity index (χ1n) is 18.8. The van der Waals surface area contributed by atoms with Gasteiger partial charge < -0.3 is 30.7 Å². The molecule has 0 saturated heterocycles. The third kappa shape index (κ3) is 8.52. The smallest absolute Gasteiger partial charge is 0.229 e. The molecule has 2 heterocycles. The Morgan fingerprint density at radius 3 is 1.38 bits per heavy atom. The lowest BCUT2D eigenvalue weighted by Gasteiger charge is -2.16. The number of ether oxygens (including phenoxy) is 2. The zero-order valence-corrected chi connectivity index (χ0v) is 34.4. The molecule has 4 N–H and O–H groups in total. The van der Waals surface area contributed by atoms with E-state index >= 15 is 0 Å². The molecule has 0 aliphatic heterocycles. The van der Waals surface area contributed by atoms with Gasteiger partial charge in [0, 0.05) is 58.5 Å². The molecular formula is C44H38Cl2F2N10O2. The first-order valence-corrected chi connectivity index (χ1v) is 19.6. The number of hydrogen-bond acceptors (Lipinski definition) is 10. The maximum absolute atomic E-state index is 14.6. The van der Waals surface area contributed by atoms with Crippen molar-refractivity contribution in [3.05, 3.63) is 151 Å². The number of benzene rings is 4. The van der Waals surface area contributed by atoms with Gasteiger partial charge >= 0.3 is 0 Å². The normalized spacial score (nSPS) is 14.7. The molecule has 60 heavy (non-hydrogen) atoms. The van der Waals surface area contributed by atoms with Crippen molar-refractivity contribution in [2.45, 2.75) is 37.5 Å². The van der Waals surface area contributed by atoms with Gasteiger partial charge in [-0.3, -0.25) is 0 Å². The van der Waals surface area contributed by atoms with Crippen molar-refractivity contribution in [2.75, 3.05) is 49.6 Å². The summed E-state index contributed by atoms with van der Waals surface area (Å²) in [6.45, 7) is 14.4. The average Bonchev–Trinajstić information content (AvgIpc) is 3.88. The lowest BCUT2D eigenvalue weighted by Crippen LogP contribution is -2.08. The van der Waals surface area contributed by atoms with E-state index in [4.69, 9.17) is 55.8 Å². The van der Waals surface area contributed by atoms with Crippen LogP contribution in [0.1, 0.15) is 58.3 Å². The predicted octanol–water partition coefficient (Wildman–Crippen LogP) is 11.4. The first kappa shape index (κ1) is 41.4. The molecule has 0 saturated carbocycles. The van der Waals surface area contributed by atoms with Crippen molar-refractivity contribution in [3.63, 3.8) is 0 Å². The zero-order valence-electron chi connectivity index (χ0n) is 32.9. The predicted molar refractivity (Wildman–Crippen MR) is 231 cm³/mol. The highest BCUT2D eigenvalue weighted by Crippen LogP contribution is 2.43. The summed E-state index contributed by atoms with van der Waals surface area (Å²) in [4.78, 5) is 25.4. The molecule has 304 valence electrons. The van der Waals surface area contributed by atoms with Gasteiger partial charge in [0.2, 0.25) is 23.3 Å². The highest BCUT2D eigenvalue weighted by atomic mass is 35.5. The molecule has 0 bridgehead atoms. The van der Waals surface area contributed by atoms with E-state index < -0.39 is 0 Å². The third-order valence-electron chi connectivity index (χ3n) is 10.4. The van der Waals surface area contributed by atoms with E-state index in [0.717, 1.165) is 48.2 Å². The van der Waals surface area contributed by atoms with Gasteiger partial charge in [0.15, 0.2) is 0 Å². The SMILES string of the molecule is [C-]#[N+]c1ccc(Nc2nc(NC)c3c(n2)[C@@H](c2ccc(Cl)cc2F)CC3)cc1OC.[C-]#[N+]c1ccc(Nc2nc(NC)c3c(n2)[C@H](c2ccc(Cl)cc2F)CC3)cc1OC. The molecule has 0 unspecified atom stereocenters. The molecule has 2 aliphatic carbocycles. The second-order valence-corrected chi connectivity index (χ2v) is 14.7. The fraction of sp³-hybridized carbons (Fsp3) is 0.227. The van der Waals surface area contributed by atoms with Crippen molar-refractivity contribution in [1.29, 1.82) is 0 Å². The molecule has 8 rings (SSSR count). The van der Waals surface area contributed by atoms with E-state index in [1.807, 2.05) is 0 Å². The fourth-order valence-corrected chi connectivity index (χ4v) is 7.89. The van der Waals surface area contributed by atoms with Crippen molar-refractivity contribution in [2.24, 2.45) is 0 Å². The number of methoxy groups -OCH3 is 2. The summed E-state index contributed by atoms with van der Waals surface area (Å²) in [6.07, 6.45) is 3.00. The number of aromatic nitrogens is 4. The molecule has 2 atom stereocenters. The highest BCUT2D eigenvalue weighted by molar-refractivity contribution is 6.30. The van der Waals surface area contributed by atoms with E-state index in [1.165, 1.54) is 26.4 Å². The Hall–Kier alpha value is -6.74. The Morgan fingerprint density at radius 2 is 1.03 bits per heavy atom. The van der Waals surface area contributed by atoms with Crippen LogP contribution in [0.15, 0.2) is 72.8 Å². The zero-order chi connectivity index (χ0) is 42.5. The molecule has 16 heteroatoms. The van der Waals surface area contributed by atoms with Gasteiger partial charge in [0.25, 0.3) is 0 Å². The molecule has 2 aromatic heterocycles. The summed E-state index contributed by atoms with van der Waals surface area (Å²) < 4.78 is 39.7. The minimum absolute atomic E-state index is 0.174. The van der Waals surface area contributed by atoms with Gasteiger partial charge in [-0.25, -0.2) is 28.4 Å². The van der Waals surface area contributed by atoms with Gasteiger partial charge in [0.05, 0.1) is 38.8 Å². The van der Waals surface area contributed by atoms with Gasteiger partial charge in [-0.2, -0.15) is 9.97 Å². The molecular weight excluding hydrogens is 809 g/mol. The van der Waals surface area contributed by atoms with Crippen LogP contribution < -0.4 is 30.7 Å². The average molecular weight is 848 g/mol. The molecule has 0 radical (unpaired) electrons. The number of hydrogen-bond donors (Lipinski definition) is 4. The lowest BCUT2D eigenvalue weighted by molar-refractivity contribution is 0.417. The molecule has 12 nitrogen and oxygen atoms in total. The monoisotopic (exact) mass is 846 g/mol. The quantitative estimate of drug-likeness (QED) is 0.0990. The van der Waals surface area contributed by atoms with Crippen molar-refractivity contribution < 1.29 is 18.3 Å². The Labute approximate surface area is 356 Å². The van der Waals surface area contributed by atoms with Gasteiger partial charge in [-0.05, 0) is 85.3 Å². The molecule has 0 amide bonds. The van der Waals surface area contributed by atoms with E-state index in [9.17, 15) is 8.78 Å². The Morgan fingerprint density at radius 1 is 0.617 bits per heavy atom. The molecule has 2 aliphatic rings. The van der Waals surface area contributed by atoms with Crippen molar-refractivity contribution >= 4 is 69.5 Å². The van der Waals surface area contributed by atoms with Gasteiger partial charge in [-0.1, -0.05) is 47.5 Å². The third-order valence-corrected chi connectivity index (χ3v) is 10.8. The summed E-state index contributed by atoms with van der Waals surface area (Å²) in [5.41, 5.74) is 6.94. The summed E-state index contributed by atoms with van der Waals surface area (Å²) in [5.74, 6) is 2.11. The van der Waals surface area contributed by atoms with E-state index in [0.29, 0.717) is 79.0 Å². The van der Waals surface area contributed by atoms with Crippen LogP contribution in [0.4, 0.5) is 55.1 Å². The summed E-state index contributed by atoms with van der Waals surface area (Å²) in [6, 6.07) is 19.8. The highest BCUT2D eigenvalue weighted by Gasteiger charge is 2.32. The topological polar surface area (TPSA) is 127 Å². The summed E-state index contributed by atoms with van der Waals surface area (Å²) in [5, 5.41) is 13.3. The minimum Gasteiger partial charge on any atom is -0.508 e. The van der Waals surface area contributed by atoms with Crippen LogP contribution in [0.2, 0.25) is 10.0 Å². The maximum Gasteiger partial charge on any atom is 0.229 e. The number of anilines is 6. The van der Waals surface area contributed by atoms with Crippen LogP contribution in [0.25, 0.3) is 9.69 Å². The van der Waals surface area contributed by atoms with Crippen LogP contribution >= 0.6 is 23.2 Å². The number of nitrogens with one attached hydrogen (secondary N) is 4. The molecule has 0 fully saturated rings. The molecule has 4 aromatic carbocycles. The van der Waals surface area contributed by atoms with Crippen molar-refractivity contribution in [3.8, 4) is 11.5 Å². The van der Waals surface area contributed by atoms with Crippen LogP contribution in [0.3, 0.4) is 0 Å². The fourth-order valence-electron chi connectivity index (χ4n) is 7.58. The number of nitrogens with zero attached hydrogens (tertiary/aromatic N) is 6. The van der Waals surface area contributed by atoms with Crippen LogP contribution in [-0.4, -0.2) is 48.3 Å². The minimum atomic E-state index is -0.334. The first-order chi connectivity index (χ1) is 29.1. The van der Waals surface area contributed by atoms with Crippen LogP contribution in [-0.2, 0) is 12.8 Å². The second kappa shape index (κ2) is 18.0. The van der Waals surface area contributed by atoms with Gasteiger partial charge in [0.1, 0.15) is 34.8 Å². The Bertz CT molecular complexity index is 2500. The van der Waals surface area contributed by atoms with Gasteiger partial charge in [-0.15, -0.1) is 0 Å². The summed E-state index contributed by atoms with van der Waals surface area (Å²) in [7, 11) is 6.64. The van der Waals surface area contributed by atoms with Crippen molar-refractivity contribution in [1.82, 2.24) is 19.9 Å². The summed E-state index contributed by atoms with van der Waals surface area (Å²) >= 11 is 11.8. The second-order valence-electron chi connectivity index (χ2n) is 13.8. The molecule has 0 spiro atoms.